The van der Waals surface area contributed by atoms with Crippen molar-refractivity contribution in [2.75, 3.05) is 0 Å². The van der Waals surface area contributed by atoms with E-state index in [1.807, 2.05) is 26.2 Å². The Morgan fingerprint density at radius 3 is 1.47 bits per heavy atom. The highest BCUT2D eigenvalue weighted by molar-refractivity contribution is 6.50. The summed E-state index contributed by atoms with van der Waals surface area (Å²) in [6.07, 6.45) is 1.17. The van der Waals surface area contributed by atoms with Gasteiger partial charge in [-0.3, -0.25) is 9.59 Å². The largest absolute Gasteiger partial charge is 0.523 e. The second-order valence-electron chi connectivity index (χ2n) is 3.93. The minimum absolute atomic E-state index is 0.189. The number of hydrogen-bond acceptors (Lipinski definition) is 4. The van der Waals surface area contributed by atoms with Crippen molar-refractivity contribution in [3.63, 3.8) is 0 Å². The molecular formula is C9H20O4Si2. The molecule has 0 bridgehead atoms. The van der Waals surface area contributed by atoms with E-state index in [1.165, 1.54) is 0 Å². The van der Waals surface area contributed by atoms with Gasteiger partial charge < -0.3 is 8.85 Å². The minimum Gasteiger partial charge on any atom is -0.523 e. The van der Waals surface area contributed by atoms with Gasteiger partial charge >= 0.3 is 0 Å². The zero-order valence-electron chi connectivity index (χ0n) is 9.91. The zero-order chi connectivity index (χ0) is 11.8. The van der Waals surface area contributed by atoms with Crippen molar-refractivity contribution in [2.45, 2.75) is 45.5 Å². The lowest BCUT2D eigenvalue weighted by Gasteiger charge is -2.08. The molecule has 0 rings (SSSR count). The second kappa shape index (κ2) is 7.64. The molecule has 15 heavy (non-hydrogen) atoms. The van der Waals surface area contributed by atoms with Crippen LogP contribution in [0, 0.1) is 0 Å². The lowest BCUT2D eigenvalue weighted by Crippen LogP contribution is -2.17. The SMILES string of the molecule is C[SiH](C)OC(=O)CCCC(=O)O[SiH](C)C. The molecule has 0 aromatic heterocycles. The maximum atomic E-state index is 11.1. The molecule has 0 amide bonds. The van der Waals surface area contributed by atoms with Gasteiger partial charge in [0.05, 0.1) is 0 Å². The molecule has 0 atom stereocenters. The maximum absolute atomic E-state index is 11.1. The molecule has 0 N–H and O–H groups in total. The summed E-state index contributed by atoms with van der Waals surface area (Å²) < 4.78 is 10.1. The minimum atomic E-state index is -1.28. The lowest BCUT2D eigenvalue weighted by molar-refractivity contribution is -0.136. The van der Waals surface area contributed by atoms with Crippen molar-refractivity contribution >= 4 is 30.0 Å². The van der Waals surface area contributed by atoms with Gasteiger partial charge in [-0.15, -0.1) is 0 Å². The highest BCUT2D eigenvalue weighted by atomic mass is 28.3. The predicted molar refractivity (Wildman–Crippen MR) is 63.8 cm³/mol. The van der Waals surface area contributed by atoms with E-state index in [9.17, 15) is 9.59 Å². The normalized spacial score (nSPS) is 10.5. The first-order valence-corrected chi connectivity index (χ1v) is 10.9. The summed E-state index contributed by atoms with van der Waals surface area (Å²) in [5.74, 6) is -0.377. The fourth-order valence-corrected chi connectivity index (χ4v) is 2.31. The van der Waals surface area contributed by atoms with Crippen LogP contribution in [0.1, 0.15) is 19.3 Å². The molecule has 0 unspecified atom stereocenters. The number of rotatable bonds is 6. The van der Waals surface area contributed by atoms with Crippen molar-refractivity contribution in [1.29, 1.82) is 0 Å². The van der Waals surface area contributed by atoms with Gasteiger partial charge in [0.1, 0.15) is 0 Å². The number of hydrogen-bond donors (Lipinski definition) is 0. The summed E-state index contributed by atoms with van der Waals surface area (Å²) in [5.41, 5.74) is 0. The third kappa shape index (κ3) is 9.67. The number of carbonyl (C=O) groups is 2. The third-order valence-electron chi connectivity index (χ3n) is 1.50. The monoisotopic (exact) mass is 248 g/mol. The van der Waals surface area contributed by atoms with Gasteiger partial charge in [-0.2, -0.15) is 0 Å². The van der Waals surface area contributed by atoms with Crippen LogP contribution in [-0.2, 0) is 18.4 Å². The summed E-state index contributed by atoms with van der Waals surface area (Å²) >= 11 is 0. The topological polar surface area (TPSA) is 52.6 Å². The van der Waals surface area contributed by atoms with Crippen molar-refractivity contribution in [1.82, 2.24) is 0 Å². The average molecular weight is 248 g/mol. The highest BCUT2D eigenvalue weighted by Crippen LogP contribution is 2.01. The van der Waals surface area contributed by atoms with Gasteiger partial charge in [0.2, 0.25) is 18.1 Å². The second-order valence-corrected chi connectivity index (χ2v) is 8.60. The van der Waals surface area contributed by atoms with Crippen LogP contribution in [0.3, 0.4) is 0 Å². The lowest BCUT2D eigenvalue weighted by atomic mass is 10.2. The van der Waals surface area contributed by atoms with E-state index in [-0.39, 0.29) is 11.9 Å². The van der Waals surface area contributed by atoms with Gasteiger partial charge in [0.15, 0.2) is 0 Å². The summed E-state index contributed by atoms with van der Waals surface area (Å²) in [5, 5.41) is 0. The zero-order valence-corrected chi connectivity index (χ0v) is 12.2. The molecule has 0 fully saturated rings. The molecule has 0 spiro atoms. The van der Waals surface area contributed by atoms with Crippen molar-refractivity contribution in [2.24, 2.45) is 0 Å². The Kier molecular flexibility index (Phi) is 7.32. The molecule has 0 heterocycles. The molecular weight excluding hydrogens is 228 g/mol. The van der Waals surface area contributed by atoms with E-state index in [2.05, 4.69) is 0 Å². The van der Waals surface area contributed by atoms with E-state index < -0.39 is 18.1 Å². The molecule has 0 aromatic rings. The van der Waals surface area contributed by atoms with E-state index in [1.54, 1.807) is 0 Å². The summed E-state index contributed by atoms with van der Waals surface area (Å²) in [6, 6.07) is 0. The standard InChI is InChI=1S/C9H20O4Si2/c1-14(2)12-8(10)6-5-7-9(11)13-15(3)4/h14-15H,5-7H2,1-4H3. The Morgan fingerprint density at radius 1 is 0.867 bits per heavy atom. The van der Waals surface area contributed by atoms with Gasteiger partial charge in [0.25, 0.3) is 11.9 Å². The Morgan fingerprint density at radius 2 is 1.20 bits per heavy atom. The van der Waals surface area contributed by atoms with Crippen LogP contribution in [0.5, 0.6) is 0 Å². The van der Waals surface area contributed by atoms with Crippen molar-refractivity contribution < 1.29 is 18.4 Å². The van der Waals surface area contributed by atoms with Crippen molar-refractivity contribution in [3.8, 4) is 0 Å². The summed E-state index contributed by atoms with van der Waals surface area (Å²) in [6.45, 7) is 7.76. The Labute approximate surface area is 94.4 Å². The van der Waals surface area contributed by atoms with E-state index in [0.717, 1.165) is 0 Å². The van der Waals surface area contributed by atoms with Crippen LogP contribution in [0.2, 0.25) is 26.2 Å². The van der Waals surface area contributed by atoms with Crippen LogP contribution >= 0.6 is 0 Å². The van der Waals surface area contributed by atoms with E-state index >= 15 is 0 Å². The van der Waals surface area contributed by atoms with Crippen LogP contribution in [0.15, 0.2) is 0 Å². The first-order valence-electron chi connectivity index (χ1n) is 5.30. The molecule has 0 radical (unpaired) electrons. The average Bonchev–Trinajstić information content (AvgIpc) is 2.00. The van der Waals surface area contributed by atoms with Gasteiger partial charge in [0, 0.05) is 12.8 Å². The molecule has 88 valence electrons. The first kappa shape index (κ1) is 14.4. The molecule has 0 aliphatic heterocycles. The Bertz CT molecular complexity index is 194. The van der Waals surface area contributed by atoms with Gasteiger partial charge in [-0.25, -0.2) is 0 Å². The highest BCUT2D eigenvalue weighted by Gasteiger charge is 2.09. The molecule has 0 saturated heterocycles. The summed E-state index contributed by atoms with van der Waals surface area (Å²) in [4.78, 5) is 22.3. The van der Waals surface area contributed by atoms with Crippen LogP contribution < -0.4 is 0 Å². The Hall–Kier alpha value is -0.626. The smallest absolute Gasteiger partial charge is 0.292 e. The quantitative estimate of drug-likeness (QED) is 0.663. The maximum Gasteiger partial charge on any atom is 0.292 e. The third-order valence-corrected chi connectivity index (χ3v) is 2.96. The predicted octanol–water partition coefficient (Wildman–Crippen LogP) is 1.21. The van der Waals surface area contributed by atoms with Crippen LogP contribution in [-0.4, -0.2) is 30.0 Å². The van der Waals surface area contributed by atoms with E-state index in [4.69, 9.17) is 8.85 Å². The molecule has 0 aliphatic rings. The molecule has 6 heteroatoms. The molecule has 0 saturated carbocycles. The van der Waals surface area contributed by atoms with Gasteiger partial charge in [-0.05, 0) is 32.6 Å². The molecule has 4 nitrogen and oxygen atoms in total. The first-order chi connectivity index (χ1) is 6.91. The number of carbonyl (C=O) groups excluding carboxylic acids is 2. The molecule has 0 aliphatic carbocycles. The summed E-state index contributed by atoms with van der Waals surface area (Å²) in [7, 11) is -2.56. The van der Waals surface area contributed by atoms with Crippen LogP contribution in [0.4, 0.5) is 0 Å². The van der Waals surface area contributed by atoms with Gasteiger partial charge in [-0.1, -0.05) is 0 Å². The Balaban J connectivity index is 3.53. The molecule has 0 aromatic carbocycles. The fourth-order valence-electron chi connectivity index (χ4n) is 1.02. The van der Waals surface area contributed by atoms with Crippen LogP contribution in [0.25, 0.3) is 0 Å². The van der Waals surface area contributed by atoms with Crippen molar-refractivity contribution in [3.05, 3.63) is 0 Å². The van der Waals surface area contributed by atoms with E-state index in [0.29, 0.717) is 19.3 Å². The fraction of sp³-hybridized carbons (Fsp3) is 0.778.